The summed E-state index contributed by atoms with van der Waals surface area (Å²) >= 11 is 6.00. The monoisotopic (exact) mass is 301 g/mol. The quantitative estimate of drug-likeness (QED) is 0.744. The lowest BCUT2D eigenvalue weighted by atomic mass is 10.2. The van der Waals surface area contributed by atoms with Crippen LogP contribution in [-0.4, -0.2) is 9.55 Å². The lowest BCUT2D eigenvalue weighted by Crippen LogP contribution is -2.02. The third-order valence-corrected chi connectivity index (χ3v) is 3.68. The van der Waals surface area contributed by atoms with Crippen molar-refractivity contribution in [2.75, 3.05) is 5.73 Å². The van der Waals surface area contributed by atoms with Crippen molar-refractivity contribution >= 4 is 17.3 Å². The summed E-state index contributed by atoms with van der Waals surface area (Å²) in [6.45, 7) is 0.455. The summed E-state index contributed by atoms with van der Waals surface area (Å²) in [6.07, 6.45) is 3.55. The van der Waals surface area contributed by atoms with E-state index in [1.165, 1.54) is 6.07 Å². The number of imidazole rings is 1. The number of hydrogen-bond acceptors (Lipinski definition) is 2. The largest absolute Gasteiger partial charge is 0.399 e. The molecule has 3 aromatic rings. The Bertz CT molecular complexity index is 765. The molecule has 0 radical (unpaired) electrons. The molecule has 5 heteroatoms. The van der Waals surface area contributed by atoms with Crippen molar-refractivity contribution < 1.29 is 4.39 Å². The maximum Gasteiger partial charge on any atom is 0.142 e. The maximum absolute atomic E-state index is 13.5. The van der Waals surface area contributed by atoms with Gasteiger partial charge < -0.3 is 10.3 Å². The average molecular weight is 302 g/mol. The minimum absolute atomic E-state index is 0.148. The van der Waals surface area contributed by atoms with Gasteiger partial charge in [-0.15, -0.1) is 0 Å². The topological polar surface area (TPSA) is 43.8 Å². The van der Waals surface area contributed by atoms with Gasteiger partial charge in [-0.25, -0.2) is 9.37 Å². The molecule has 0 unspecified atom stereocenters. The second-order valence-corrected chi connectivity index (χ2v) is 5.09. The van der Waals surface area contributed by atoms with Crippen LogP contribution in [0.25, 0.3) is 11.4 Å². The Kier molecular flexibility index (Phi) is 3.62. The zero-order chi connectivity index (χ0) is 14.8. The highest BCUT2D eigenvalue weighted by molar-refractivity contribution is 6.31. The van der Waals surface area contributed by atoms with Gasteiger partial charge in [-0.3, -0.25) is 0 Å². The number of halogens is 2. The van der Waals surface area contributed by atoms with Gasteiger partial charge in [-0.05, 0) is 35.9 Å². The fourth-order valence-electron chi connectivity index (χ4n) is 2.18. The van der Waals surface area contributed by atoms with Crippen LogP contribution in [-0.2, 0) is 6.54 Å². The summed E-state index contributed by atoms with van der Waals surface area (Å²) in [5.41, 5.74) is 8.05. The lowest BCUT2D eigenvalue weighted by molar-refractivity contribution is 0.624. The summed E-state index contributed by atoms with van der Waals surface area (Å²) < 4.78 is 15.4. The molecule has 0 fully saturated rings. The van der Waals surface area contributed by atoms with Crippen LogP contribution >= 0.6 is 11.6 Å². The normalized spacial score (nSPS) is 10.8. The molecule has 3 rings (SSSR count). The van der Waals surface area contributed by atoms with Crippen LogP contribution in [0.2, 0.25) is 5.02 Å². The number of nitrogens with zero attached hydrogens (tertiary/aromatic N) is 2. The number of nitrogens with two attached hydrogens (primary N) is 1. The SMILES string of the molecule is Nc1ccc(-c2nccn2Cc2cccc(F)c2Cl)cc1. The molecule has 0 saturated heterocycles. The molecule has 0 bridgehead atoms. The Morgan fingerprint density at radius 3 is 2.67 bits per heavy atom. The number of rotatable bonds is 3. The number of benzene rings is 2. The number of nitrogen functional groups attached to an aromatic ring is 1. The van der Waals surface area contributed by atoms with Crippen molar-refractivity contribution in [1.82, 2.24) is 9.55 Å². The first-order valence-electron chi connectivity index (χ1n) is 6.45. The van der Waals surface area contributed by atoms with E-state index in [1.54, 1.807) is 18.3 Å². The summed E-state index contributed by atoms with van der Waals surface area (Å²) in [6, 6.07) is 12.3. The Balaban J connectivity index is 1.96. The third-order valence-electron chi connectivity index (χ3n) is 3.26. The average Bonchev–Trinajstić information content (AvgIpc) is 2.93. The molecule has 0 aliphatic rings. The van der Waals surface area contributed by atoms with Crippen LogP contribution in [0.1, 0.15) is 5.56 Å². The highest BCUT2D eigenvalue weighted by Gasteiger charge is 2.10. The van der Waals surface area contributed by atoms with Crippen LogP contribution in [0.15, 0.2) is 54.9 Å². The number of aromatic nitrogens is 2. The van der Waals surface area contributed by atoms with Crippen molar-refractivity contribution in [3.8, 4) is 11.4 Å². The van der Waals surface area contributed by atoms with E-state index in [-0.39, 0.29) is 5.02 Å². The van der Waals surface area contributed by atoms with Gasteiger partial charge in [-0.1, -0.05) is 23.7 Å². The minimum atomic E-state index is -0.414. The summed E-state index contributed by atoms with van der Waals surface area (Å²) in [4.78, 5) is 4.35. The molecule has 1 aromatic heterocycles. The fourth-order valence-corrected chi connectivity index (χ4v) is 2.37. The van der Waals surface area contributed by atoms with E-state index < -0.39 is 5.82 Å². The van der Waals surface area contributed by atoms with Crippen molar-refractivity contribution in [3.05, 3.63) is 71.3 Å². The molecule has 3 nitrogen and oxygen atoms in total. The van der Waals surface area contributed by atoms with Crippen LogP contribution in [0.5, 0.6) is 0 Å². The van der Waals surface area contributed by atoms with Gasteiger partial charge in [0.15, 0.2) is 0 Å². The predicted octanol–water partition coefficient (Wildman–Crippen LogP) is 3.97. The van der Waals surface area contributed by atoms with Gasteiger partial charge in [0.05, 0.1) is 11.6 Å². The van der Waals surface area contributed by atoms with Crippen molar-refractivity contribution in [2.45, 2.75) is 6.54 Å². The first-order valence-corrected chi connectivity index (χ1v) is 6.83. The Hall–Kier alpha value is -2.33. The Morgan fingerprint density at radius 1 is 1.14 bits per heavy atom. The minimum Gasteiger partial charge on any atom is -0.399 e. The van der Waals surface area contributed by atoms with Gasteiger partial charge in [0, 0.05) is 23.6 Å². The zero-order valence-corrected chi connectivity index (χ0v) is 11.9. The van der Waals surface area contributed by atoms with E-state index in [1.807, 2.05) is 35.0 Å². The smallest absolute Gasteiger partial charge is 0.142 e. The maximum atomic E-state index is 13.5. The van der Waals surface area contributed by atoms with Crippen LogP contribution in [0.4, 0.5) is 10.1 Å². The van der Waals surface area contributed by atoms with Crippen LogP contribution in [0.3, 0.4) is 0 Å². The molecule has 0 atom stereocenters. The Labute approximate surface area is 126 Å². The van der Waals surface area contributed by atoms with E-state index in [0.717, 1.165) is 11.4 Å². The van der Waals surface area contributed by atoms with Crippen molar-refractivity contribution in [3.63, 3.8) is 0 Å². The van der Waals surface area contributed by atoms with Crippen molar-refractivity contribution in [1.29, 1.82) is 0 Å². The third kappa shape index (κ3) is 2.76. The van der Waals surface area contributed by atoms with Crippen LogP contribution in [0, 0.1) is 5.82 Å². The van der Waals surface area contributed by atoms with Crippen LogP contribution < -0.4 is 5.73 Å². The van der Waals surface area contributed by atoms with E-state index in [4.69, 9.17) is 17.3 Å². The number of hydrogen-bond donors (Lipinski definition) is 1. The molecular formula is C16H13ClFN3. The molecule has 2 aromatic carbocycles. The highest BCUT2D eigenvalue weighted by Crippen LogP contribution is 2.24. The molecule has 0 aliphatic carbocycles. The summed E-state index contributed by atoms with van der Waals surface area (Å²) in [7, 11) is 0. The lowest BCUT2D eigenvalue weighted by Gasteiger charge is -2.10. The van der Waals surface area contributed by atoms with Gasteiger partial charge in [0.2, 0.25) is 0 Å². The highest BCUT2D eigenvalue weighted by atomic mass is 35.5. The fraction of sp³-hybridized carbons (Fsp3) is 0.0625. The molecule has 106 valence electrons. The van der Waals surface area contributed by atoms with Gasteiger partial charge in [0.1, 0.15) is 11.6 Å². The molecule has 0 saturated carbocycles. The first kappa shape index (κ1) is 13.6. The van der Waals surface area contributed by atoms with E-state index >= 15 is 0 Å². The standard InChI is InChI=1S/C16H13ClFN3/c17-15-12(2-1-3-14(15)18)10-21-9-8-20-16(21)11-4-6-13(19)7-5-11/h1-9H,10,19H2. The molecule has 0 amide bonds. The van der Waals surface area contributed by atoms with E-state index in [2.05, 4.69) is 4.98 Å². The number of anilines is 1. The second-order valence-electron chi connectivity index (χ2n) is 4.71. The first-order chi connectivity index (χ1) is 10.1. The van der Waals surface area contributed by atoms with Gasteiger partial charge in [0.25, 0.3) is 0 Å². The van der Waals surface area contributed by atoms with Crippen molar-refractivity contribution in [2.24, 2.45) is 0 Å². The molecule has 0 spiro atoms. The molecule has 2 N–H and O–H groups in total. The molecule has 0 aliphatic heterocycles. The van der Waals surface area contributed by atoms with E-state index in [0.29, 0.717) is 17.8 Å². The molecular weight excluding hydrogens is 289 g/mol. The van der Waals surface area contributed by atoms with Gasteiger partial charge in [-0.2, -0.15) is 0 Å². The Morgan fingerprint density at radius 2 is 1.90 bits per heavy atom. The summed E-state index contributed by atoms with van der Waals surface area (Å²) in [5, 5.41) is 0.148. The van der Waals surface area contributed by atoms with E-state index in [9.17, 15) is 4.39 Å². The predicted molar refractivity (Wildman–Crippen MR) is 82.6 cm³/mol. The molecule has 1 heterocycles. The van der Waals surface area contributed by atoms with Gasteiger partial charge >= 0.3 is 0 Å². The molecule has 21 heavy (non-hydrogen) atoms. The summed E-state index contributed by atoms with van der Waals surface area (Å²) in [5.74, 6) is 0.374. The zero-order valence-electron chi connectivity index (χ0n) is 11.1. The second kappa shape index (κ2) is 5.58.